The van der Waals surface area contributed by atoms with Crippen molar-refractivity contribution in [2.75, 3.05) is 17.7 Å². The molecule has 2 aromatic carbocycles. The largest absolute Gasteiger partial charge is 0.493 e. The lowest BCUT2D eigenvalue weighted by Crippen LogP contribution is -2.46. The van der Waals surface area contributed by atoms with Gasteiger partial charge in [-0.2, -0.15) is 24.9 Å². The Morgan fingerprint density at radius 2 is 1.85 bits per heavy atom. The number of pyridine rings is 1. The Kier molecular flexibility index (Phi) is 6.54. The van der Waals surface area contributed by atoms with E-state index in [9.17, 15) is 13.2 Å². The SMILES string of the molecule is Cc1ccc2c(NC(c3cccc4c3OCC4)C(C)(CSC(C)C)C(F)(F)F)cccc2n1. The van der Waals surface area contributed by atoms with Gasteiger partial charge < -0.3 is 10.1 Å². The van der Waals surface area contributed by atoms with Gasteiger partial charge in [0, 0.05) is 34.5 Å². The highest BCUT2D eigenvalue weighted by atomic mass is 32.2. The summed E-state index contributed by atoms with van der Waals surface area (Å²) in [7, 11) is 0. The zero-order chi connectivity index (χ0) is 23.8. The minimum absolute atomic E-state index is 0.0718. The van der Waals surface area contributed by atoms with Crippen molar-refractivity contribution in [2.45, 2.75) is 51.6 Å². The fourth-order valence-electron chi connectivity index (χ4n) is 4.26. The van der Waals surface area contributed by atoms with Gasteiger partial charge in [-0.15, -0.1) is 0 Å². The highest BCUT2D eigenvalue weighted by Crippen LogP contribution is 2.53. The Morgan fingerprint density at radius 3 is 2.58 bits per heavy atom. The number of hydrogen-bond donors (Lipinski definition) is 1. The zero-order valence-corrected chi connectivity index (χ0v) is 20.1. The number of ether oxygens (including phenoxy) is 1. The van der Waals surface area contributed by atoms with E-state index in [-0.39, 0.29) is 11.0 Å². The first kappa shape index (κ1) is 23.7. The lowest BCUT2D eigenvalue weighted by Gasteiger charge is -2.41. The van der Waals surface area contributed by atoms with E-state index in [1.807, 2.05) is 63.2 Å². The molecule has 1 aliphatic rings. The first-order valence-electron chi connectivity index (χ1n) is 11.2. The van der Waals surface area contributed by atoms with Gasteiger partial charge in [-0.25, -0.2) is 0 Å². The third kappa shape index (κ3) is 4.65. The minimum atomic E-state index is -4.44. The summed E-state index contributed by atoms with van der Waals surface area (Å²) in [5.74, 6) is 0.506. The number of aryl methyl sites for hydroxylation is 1. The second-order valence-electron chi connectivity index (χ2n) is 9.11. The average Bonchev–Trinajstić information content (AvgIpc) is 3.24. The number of nitrogens with zero attached hydrogens (tertiary/aromatic N) is 1. The Morgan fingerprint density at radius 1 is 1.09 bits per heavy atom. The van der Waals surface area contributed by atoms with Crippen LogP contribution in [-0.2, 0) is 6.42 Å². The van der Waals surface area contributed by atoms with Crippen LogP contribution in [0, 0.1) is 12.3 Å². The molecule has 0 saturated heterocycles. The van der Waals surface area contributed by atoms with E-state index in [1.54, 1.807) is 6.07 Å². The van der Waals surface area contributed by atoms with Gasteiger partial charge in [0.15, 0.2) is 0 Å². The molecule has 0 bridgehead atoms. The summed E-state index contributed by atoms with van der Waals surface area (Å²) in [5.41, 5.74) is 1.70. The Hall–Kier alpha value is -2.41. The molecule has 176 valence electrons. The van der Waals surface area contributed by atoms with Crippen LogP contribution < -0.4 is 10.1 Å². The molecule has 2 unspecified atom stereocenters. The van der Waals surface area contributed by atoms with E-state index in [0.29, 0.717) is 30.0 Å². The summed E-state index contributed by atoms with van der Waals surface area (Å²) in [5, 5.41) is 4.18. The Labute approximate surface area is 197 Å². The standard InChI is InChI=1S/C26H29F3N2OS/c1-16(2)33-15-25(4,26(27,28)29)24(20-8-5-7-18-13-14-32-23(18)20)31-22-10-6-9-21-19(22)12-11-17(3)30-21/h5-12,16,24,31H,13-15H2,1-4H3. The van der Waals surface area contributed by atoms with Gasteiger partial charge in [-0.05, 0) is 48.9 Å². The maximum absolute atomic E-state index is 14.8. The lowest BCUT2D eigenvalue weighted by atomic mass is 9.78. The van der Waals surface area contributed by atoms with Crippen molar-refractivity contribution in [1.29, 1.82) is 0 Å². The van der Waals surface area contributed by atoms with Crippen molar-refractivity contribution >= 4 is 28.4 Å². The van der Waals surface area contributed by atoms with Gasteiger partial charge in [0.25, 0.3) is 0 Å². The molecule has 3 nitrogen and oxygen atoms in total. The van der Waals surface area contributed by atoms with Crippen LogP contribution in [0.2, 0.25) is 0 Å². The van der Waals surface area contributed by atoms with Crippen LogP contribution in [0.15, 0.2) is 48.5 Å². The molecule has 1 N–H and O–H groups in total. The average molecular weight is 475 g/mol. The van der Waals surface area contributed by atoms with Gasteiger partial charge in [-0.3, -0.25) is 4.98 Å². The number of hydrogen-bond acceptors (Lipinski definition) is 4. The quantitative estimate of drug-likeness (QED) is 0.388. The second kappa shape index (κ2) is 9.09. The summed E-state index contributed by atoms with van der Waals surface area (Å²) in [6.07, 6.45) is -3.73. The Bertz CT molecular complexity index is 1150. The van der Waals surface area contributed by atoms with Crippen molar-refractivity contribution in [2.24, 2.45) is 5.41 Å². The molecule has 0 spiro atoms. The van der Waals surface area contributed by atoms with Crippen LogP contribution in [0.1, 0.15) is 43.6 Å². The van der Waals surface area contributed by atoms with Crippen molar-refractivity contribution in [3.63, 3.8) is 0 Å². The molecule has 0 aliphatic carbocycles. The highest BCUT2D eigenvalue weighted by Gasteiger charge is 2.57. The molecule has 1 aliphatic heterocycles. The van der Waals surface area contributed by atoms with E-state index in [4.69, 9.17) is 4.74 Å². The van der Waals surface area contributed by atoms with Crippen molar-refractivity contribution in [3.8, 4) is 5.75 Å². The number of alkyl halides is 3. The molecular weight excluding hydrogens is 445 g/mol. The van der Waals surface area contributed by atoms with Crippen LogP contribution in [-0.4, -0.2) is 28.8 Å². The zero-order valence-electron chi connectivity index (χ0n) is 19.3. The molecule has 0 radical (unpaired) electrons. The fourth-order valence-corrected chi connectivity index (χ4v) is 5.26. The second-order valence-corrected chi connectivity index (χ2v) is 10.7. The van der Waals surface area contributed by atoms with Gasteiger partial charge in [0.05, 0.1) is 23.6 Å². The van der Waals surface area contributed by atoms with Crippen LogP contribution >= 0.6 is 11.8 Å². The predicted octanol–water partition coefficient (Wildman–Crippen LogP) is 7.34. The van der Waals surface area contributed by atoms with E-state index >= 15 is 0 Å². The topological polar surface area (TPSA) is 34.1 Å². The molecule has 7 heteroatoms. The van der Waals surface area contributed by atoms with Crippen LogP contribution in [0.3, 0.4) is 0 Å². The van der Waals surface area contributed by atoms with Gasteiger partial charge in [0.1, 0.15) is 5.75 Å². The summed E-state index contributed by atoms with van der Waals surface area (Å²) < 4.78 is 50.3. The van der Waals surface area contributed by atoms with Gasteiger partial charge in [-0.1, -0.05) is 38.1 Å². The van der Waals surface area contributed by atoms with Crippen molar-refractivity contribution in [1.82, 2.24) is 4.98 Å². The third-order valence-corrected chi connectivity index (χ3v) is 7.66. The molecule has 2 heterocycles. The van der Waals surface area contributed by atoms with Crippen molar-refractivity contribution in [3.05, 3.63) is 65.4 Å². The first-order chi connectivity index (χ1) is 15.6. The third-order valence-electron chi connectivity index (χ3n) is 6.23. The number of rotatable bonds is 7. The normalized spacial score (nSPS) is 16.4. The summed E-state index contributed by atoms with van der Waals surface area (Å²) in [6, 6.07) is 13.8. The molecule has 3 aromatic rings. The van der Waals surface area contributed by atoms with Crippen molar-refractivity contribution < 1.29 is 17.9 Å². The summed E-state index contributed by atoms with van der Waals surface area (Å²) in [4.78, 5) is 4.55. The monoisotopic (exact) mass is 474 g/mol. The maximum Gasteiger partial charge on any atom is 0.397 e. The molecule has 0 amide bonds. The maximum atomic E-state index is 14.8. The van der Waals surface area contributed by atoms with E-state index in [2.05, 4.69) is 10.3 Å². The number of benzene rings is 2. The molecule has 33 heavy (non-hydrogen) atoms. The number of fused-ring (bicyclic) bond motifs is 2. The number of nitrogens with one attached hydrogen (secondary N) is 1. The van der Waals surface area contributed by atoms with Crippen LogP contribution in [0.5, 0.6) is 5.75 Å². The number of halogens is 3. The molecule has 2 atom stereocenters. The number of thioether (sulfide) groups is 1. The number of aromatic nitrogens is 1. The summed E-state index contributed by atoms with van der Waals surface area (Å²) >= 11 is 1.32. The van der Waals surface area contributed by atoms with E-state index < -0.39 is 17.6 Å². The molecule has 0 fully saturated rings. The van der Waals surface area contributed by atoms with E-state index in [0.717, 1.165) is 22.2 Å². The molecule has 1 aromatic heterocycles. The van der Waals surface area contributed by atoms with Gasteiger partial charge in [0.2, 0.25) is 0 Å². The Balaban J connectivity index is 1.88. The molecule has 0 saturated carbocycles. The minimum Gasteiger partial charge on any atom is -0.493 e. The lowest BCUT2D eigenvalue weighted by molar-refractivity contribution is -0.215. The molecule has 4 rings (SSSR count). The van der Waals surface area contributed by atoms with Crippen LogP contribution in [0.4, 0.5) is 18.9 Å². The van der Waals surface area contributed by atoms with Gasteiger partial charge >= 0.3 is 6.18 Å². The smallest absolute Gasteiger partial charge is 0.397 e. The number of anilines is 1. The molecular formula is C26H29F3N2OS. The predicted molar refractivity (Wildman–Crippen MR) is 130 cm³/mol. The van der Waals surface area contributed by atoms with E-state index in [1.165, 1.54) is 18.7 Å². The number of para-hydroxylation sites is 1. The fraction of sp³-hybridized carbons (Fsp3) is 0.423. The first-order valence-corrected chi connectivity index (χ1v) is 12.2. The summed E-state index contributed by atoms with van der Waals surface area (Å²) in [6.45, 7) is 7.55. The van der Waals surface area contributed by atoms with Crippen LogP contribution in [0.25, 0.3) is 10.9 Å². The highest BCUT2D eigenvalue weighted by molar-refractivity contribution is 7.99.